The van der Waals surface area contributed by atoms with Crippen LogP contribution in [0.5, 0.6) is 5.75 Å². The van der Waals surface area contributed by atoms with Gasteiger partial charge in [0.2, 0.25) is 10.0 Å². The first-order chi connectivity index (χ1) is 9.50. The van der Waals surface area contributed by atoms with Crippen molar-refractivity contribution in [2.24, 2.45) is 5.14 Å². The summed E-state index contributed by atoms with van der Waals surface area (Å²) in [5.41, 5.74) is 0.958. The summed E-state index contributed by atoms with van der Waals surface area (Å²) in [6.45, 7) is 0.172. The Hall–Kier alpha value is -2.43. The molecule has 102 valence electrons. The highest BCUT2D eigenvalue weighted by Crippen LogP contribution is 2.16. The number of rotatable bonds is 4. The Labute approximate surface area is 116 Å². The fourth-order valence-corrected chi connectivity index (χ4v) is 2.06. The van der Waals surface area contributed by atoms with Gasteiger partial charge in [-0.2, -0.15) is 5.26 Å². The first kappa shape index (κ1) is 14.0. The topological polar surface area (TPSA) is 106 Å². The molecule has 2 rings (SSSR count). The van der Waals surface area contributed by atoms with Crippen molar-refractivity contribution in [2.45, 2.75) is 11.5 Å². The minimum atomic E-state index is -3.71. The normalized spacial score (nSPS) is 10.8. The molecular weight excluding hydrogens is 278 g/mol. The summed E-state index contributed by atoms with van der Waals surface area (Å²) in [6.07, 6.45) is 1.53. The lowest BCUT2D eigenvalue weighted by molar-refractivity contribution is 0.305. The van der Waals surface area contributed by atoms with Crippen LogP contribution in [0.4, 0.5) is 0 Å². The zero-order valence-corrected chi connectivity index (χ0v) is 11.2. The van der Waals surface area contributed by atoms with Gasteiger partial charge in [0.05, 0.1) is 4.90 Å². The number of hydrogen-bond acceptors (Lipinski definition) is 5. The molecule has 7 heteroatoms. The van der Waals surface area contributed by atoms with Gasteiger partial charge in [-0.15, -0.1) is 0 Å². The number of nitrogens with two attached hydrogens (primary N) is 1. The monoisotopic (exact) mass is 289 g/mol. The molecule has 0 amide bonds. The molecule has 20 heavy (non-hydrogen) atoms. The van der Waals surface area contributed by atoms with Crippen molar-refractivity contribution < 1.29 is 13.2 Å². The molecule has 0 radical (unpaired) electrons. The number of primary sulfonamides is 1. The second-order valence-electron chi connectivity index (χ2n) is 3.93. The first-order valence-corrected chi connectivity index (χ1v) is 7.15. The summed E-state index contributed by atoms with van der Waals surface area (Å²) < 4.78 is 27.7. The predicted molar refractivity (Wildman–Crippen MR) is 71.1 cm³/mol. The van der Waals surface area contributed by atoms with Crippen LogP contribution in [0, 0.1) is 11.3 Å². The highest BCUT2D eigenvalue weighted by atomic mass is 32.2. The largest absolute Gasteiger partial charge is 0.489 e. The standard InChI is InChI=1S/C13H11N3O3S/c14-8-13-10(2-1-7-16-13)9-19-11-3-5-12(6-4-11)20(15,17)18/h1-7H,9H2,(H2,15,17,18). The van der Waals surface area contributed by atoms with E-state index in [4.69, 9.17) is 15.1 Å². The fraction of sp³-hybridized carbons (Fsp3) is 0.0769. The summed E-state index contributed by atoms with van der Waals surface area (Å²) in [4.78, 5) is 3.94. The maximum absolute atomic E-state index is 11.1. The average Bonchev–Trinajstić information content (AvgIpc) is 2.45. The minimum Gasteiger partial charge on any atom is -0.489 e. The van der Waals surface area contributed by atoms with Crippen molar-refractivity contribution in [3.8, 4) is 11.8 Å². The lowest BCUT2D eigenvalue weighted by atomic mass is 10.2. The van der Waals surface area contributed by atoms with E-state index >= 15 is 0 Å². The Bertz CT molecular complexity index is 749. The van der Waals surface area contributed by atoms with Crippen LogP contribution in [0.2, 0.25) is 0 Å². The quantitative estimate of drug-likeness (QED) is 0.909. The molecule has 0 spiro atoms. The van der Waals surface area contributed by atoms with E-state index in [1.807, 2.05) is 6.07 Å². The van der Waals surface area contributed by atoms with Gasteiger partial charge < -0.3 is 4.74 Å². The van der Waals surface area contributed by atoms with E-state index in [0.717, 1.165) is 0 Å². The van der Waals surface area contributed by atoms with Crippen LogP contribution in [0.15, 0.2) is 47.5 Å². The van der Waals surface area contributed by atoms with Crippen LogP contribution in [0.25, 0.3) is 0 Å². The number of nitrogens with zero attached hydrogens (tertiary/aromatic N) is 2. The number of hydrogen-bond donors (Lipinski definition) is 1. The number of sulfonamides is 1. The summed E-state index contributed by atoms with van der Waals surface area (Å²) >= 11 is 0. The van der Waals surface area contributed by atoms with Gasteiger partial charge in [0.15, 0.2) is 0 Å². The van der Waals surface area contributed by atoms with E-state index in [1.165, 1.54) is 30.5 Å². The van der Waals surface area contributed by atoms with Gasteiger partial charge in [0.1, 0.15) is 24.1 Å². The van der Waals surface area contributed by atoms with Gasteiger partial charge in [-0.05, 0) is 30.3 Å². The maximum Gasteiger partial charge on any atom is 0.238 e. The number of ether oxygens (including phenoxy) is 1. The van der Waals surface area contributed by atoms with E-state index in [2.05, 4.69) is 4.98 Å². The Morgan fingerprint density at radius 1 is 1.25 bits per heavy atom. The molecule has 0 aliphatic rings. The summed E-state index contributed by atoms with van der Waals surface area (Å²) in [5.74, 6) is 0.477. The molecule has 1 heterocycles. The molecule has 1 aromatic heterocycles. The van der Waals surface area contributed by atoms with Gasteiger partial charge in [-0.25, -0.2) is 18.5 Å². The predicted octanol–water partition coefficient (Wildman–Crippen LogP) is 1.18. The Balaban J connectivity index is 2.10. The molecule has 0 saturated heterocycles. The van der Waals surface area contributed by atoms with Crippen molar-refractivity contribution in [3.63, 3.8) is 0 Å². The Morgan fingerprint density at radius 3 is 2.55 bits per heavy atom. The average molecular weight is 289 g/mol. The van der Waals surface area contributed by atoms with Crippen molar-refractivity contribution in [2.75, 3.05) is 0 Å². The maximum atomic E-state index is 11.1. The Kier molecular flexibility index (Phi) is 3.98. The zero-order valence-electron chi connectivity index (χ0n) is 10.4. The molecule has 2 N–H and O–H groups in total. The van der Waals surface area contributed by atoms with Crippen LogP contribution >= 0.6 is 0 Å². The molecule has 2 aromatic rings. The molecule has 0 aliphatic heterocycles. The van der Waals surface area contributed by atoms with Crippen molar-refractivity contribution in [1.29, 1.82) is 5.26 Å². The molecule has 0 aliphatic carbocycles. The van der Waals surface area contributed by atoms with Crippen LogP contribution in [0.1, 0.15) is 11.3 Å². The van der Waals surface area contributed by atoms with E-state index in [1.54, 1.807) is 12.1 Å². The van der Waals surface area contributed by atoms with E-state index < -0.39 is 10.0 Å². The second-order valence-corrected chi connectivity index (χ2v) is 5.49. The van der Waals surface area contributed by atoms with Gasteiger partial charge in [-0.3, -0.25) is 0 Å². The van der Waals surface area contributed by atoms with Gasteiger partial charge >= 0.3 is 0 Å². The van der Waals surface area contributed by atoms with Crippen LogP contribution < -0.4 is 9.88 Å². The molecule has 0 saturated carbocycles. The highest BCUT2D eigenvalue weighted by molar-refractivity contribution is 7.89. The van der Waals surface area contributed by atoms with Crippen LogP contribution in [0.3, 0.4) is 0 Å². The van der Waals surface area contributed by atoms with Crippen LogP contribution in [-0.4, -0.2) is 13.4 Å². The zero-order chi connectivity index (χ0) is 14.6. The molecule has 0 unspecified atom stereocenters. The number of benzene rings is 1. The highest BCUT2D eigenvalue weighted by Gasteiger charge is 2.08. The number of aromatic nitrogens is 1. The molecule has 0 atom stereocenters. The summed E-state index contributed by atoms with van der Waals surface area (Å²) in [5, 5.41) is 13.9. The second kappa shape index (κ2) is 5.69. The SMILES string of the molecule is N#Cc1ncccc1COc1ccc(S(N)(=O)=O)cc1. The summed E-state index contributed by atoms with van der Waals surface area (Å²) in [6, 6.07) is 11.2. The van der Waals surface area contributed by atoms with Gasteiger partial charge in [-0.1, -0.05) is 6.07 Å². The minimum absolute atomic E-state index is 0.0175. The van der Waals surface area contributed by atoms with Crippen molar-refractivity contribution >= 4 is 10.0 Å². The lowest BCUT2D eigenvalue weighted by Crippen LogP contribution is -2.11. The fourth-order valence-electron chi connectivity index (χ4n) is 1.54. The van der Waals surface area contributed by atoms with Gasteiger partial charge in [0.25, 0.3) is 0 Å². The molecule has 1 aromatic carbocycles. The summed E-state index contributed by atoms with van der Waals surface area (Å²) in [7, 11) is -3.71. The van der Waals surface area contributed by atoms with Crippen LogP contribution in [-0.2, 0) is 16.6 Å². The molecule has 6 nitrogen and oxygen atoms in total. The number of pyridine rings is 1. The Morgan fingerprint density at radius 2 is 1.95 bits per heavy atom. The van der Waals surface area contributed by atoms with E-state index in [9.17, 15) is 8.42 Å². The van der Waals surface area contributed by atoms with E-state index in [0.29, 0.717) is 17.0 Å². The molecular formula is C13H11N3O3S. The first-order valence-electron chi connectivity index (χ1n) is 5.60. The third-order valence-corrected chi connectivity index (χ3v) is 3.47. The van der Waals surface area contributed by atoms with Crippen molar-refractivity contribution in [3.05, 3.63) is 53.9 Å². The lowest BCUT2D eigenvalue weighted by Gasteiger charge is -2.07. The smallest absolute Gasteiger partial charge is 0.238 e. The third-order valence-electron chi connectivity index (χ3n) is 2.54. The third kappa shape index (κ3) is 3.32. The van der Waals surface area contributed by atoms with Crippen molar-refractivity contribution in [1.82, 2.24) is 4.98 Å². The van der Waals surface area contributed by atoms with E-state index in [-0.39, 0.29) is 11.5 Å². The number of nitriles is 1. The molecule has 0 fully saturated rings. The molecule has 0 bridgehead atoms. The van der Waals surface area contributed by atoms with Gasteiger partial charge in [0, 0.05) is 11.8 Å².